The summed E-state index contributed by atoms with van der Waals surface area (Å²) in [7, 11) is 0. The van der Waals surface area contributed by atoms with Crippen LogP contribution >= 0.6 is 22.7 Å². The number of hydrazone groups is 1. The lowest BCUT2D eigenvalue weighted by atomic mass is 10.1. The Kier molecular flexibility index (Phi) is 4.78. The van der Waals surface area contributed by atoms with Crippen molar-refractivity contribution >= 4 is 34.3 Å². The van der Waals surface area contributed by atoms with Gasteiger partial charge in [0.2, 0.25) is 5.91 Å². The summed E-state index contributed by atoms with van der Waals surface area (Å²) < 4.78 is 0. The van der Waals surface area contributed by atoms with E-state index in [1.807, 2.05) is 6.07 Å². The molecule has 1 saturated heterocycles. The molecule has 4 rings (SSSR count). The normalized spacial score (nSPS) is 21.4. The number of likely N-dealkylation sites (tertiary alicyclic amines) is 1. The molecule has 2 aromatic rings. The van der Waals surface area contributed by atoms with Crippen LogP contribution in [-0.4, -0.2) is 36.3 Å². The summed E-state index contributed by atoms with van der Waals surface area (Å²) in [6.07, 6.45) is 4.01. The largest absolute Gasteiger partial charge is 0.334 e. The molecule has 4 nitrogen and oxygen atoms in total. The van der Waals surface area contributed by atoms with Gasteiger partial charge in [-0.25, -0.2) is 5.01 Å². The second-order valence-electron chi connectivity index (χ2n) is 6.45. The Hall–Kier alpha value is -1.50. The highest BCUT2D eigenvalue weighted by Crippen LogP contribution is 2.36. The molecule has 24 heavy (non-hydrogen) atoms. The van der Waals surface area contributed by atoms with Crippen molar-refractivity contribution in [2.45, 2.75) is 31.7 Å². The summed E-state index contributed by atoms with van der Waals surface area (Å²) in [6.45, 7) is 3.37. The first-order valence-electron chi connectivity index (χ1n) is 8.61. The molecule has 2 aromatic heterocycles. The standard InChI is InChI=1S/C18H21N3OS2/c22-18(7-10-20-8-1-2-9-20)21-15(17-6-4-12-24-17)13-14(19-21)16-5-3-11-23-16/h3-6,11-12,15H,1-2,7-10,13H2/p+1/t15-/m0/s1. The molecule has 0 bridgehead atoms. The number of nitrogens with zero attached hydrogens (tertiary/aromatic N) is 2. The minimum absolute atomic E-state index is 0.0724. The van der Waals surface area contributed by atoms with E-state index in [0.717, 1.165) is 18.7 Å². The summed E-state index contributed by atoms with van der Waals surface area (Å²) in [5.41, 5.74) is 1.05. The van der Waals surface area contributed by atoms with Gasteiger partial charge >= 0.3 is 0 Å². The van der Waals surface area contributed by atoms with Crippen molar-refractivity contribution in [2.24, 2.45) is 5.10 Å². The minimum atomic E-state index is 0.0724. The van der Waals surface area contributed by atoms with Gasteiger partial charge in [-0.1, -0.05) is 12.1 Å². The lowest BCUT2D eigenvalue weighted by Crippen LogP contribution is -3.10. The molecule has 1 amide bonds. The topological polar surface area (TPSA) is 37.1 Å². The van der Waals surface area contributed by atoms with Gasteiger partial charge in [-0.15, -0.1) is 22.7 Å². The molecule has 1 fully saturated rings. The van der Waals surface area contributed by atoms with Gasteiger partial charge in [-0.2, -0.15) is 5.10 Å². The molecule has 0 saturated carbocycles. The van der Waals surface area contributed by atoms with Crippen molar-refractivity contribution in [3.63, 3.8) is 0 Å². The van der Waals surface area contributed by atoms with E-state index in [1.54, 1.807) is 32.6 Å². The Labute approximate surface area is 150 Å². The SMILES string of the molecule is O=C(CC[NH+]1CCCC1)N1N=C(c2cccs2)C[C@H]1c1cccs1. The number of amides is 1. The summed E-state index contributed by atoms with van der Waals surface area (Å²) in [4.78, 5) is 16.8. The average molecular weight is 361 g/mol. The van der Waals surface area contributed by atoms with Crippen LogP contribution in [0.4, 0.5) is 0 Å². The number of carbonyl (C=O) groups is 1. The number of carbonyl (C=O) groups excluding carboxylic acids is 1. The predicted molar refractivity (Wildman–Crippen MR) is 98.8 cm³/mol. The highest BCUT2D eigenvalue weighted by atomic mass is 32.1. The summed E-state index contributed by atoms with van der Waals surface area (Å²) in [5, 5.41) is 10.6. The summed E-state index contributed by atoms with van der Waals surface area (Å²) in [6, 6.07) is 8.39. The molecular formula is C18H22N3OS2+. The van der Waals surface area contributed by atoms with Crippen LogP contribution in [0.25, 0.3) is 0 Å². The number of hydrogen-bond acceptors (Lipinski definition) is 4. The third kappa shape index (κ3) is 3.31. The molecule has 0 aromatic carbocycles. The fourth-order valence-corrected chi connectivity index (χ4v) is 5.09. The zero-order chi connectivity index (χ0) is 16.4. The molecule has 4 heterocycles. The number of rotatable bonds is 5. The maximum atomic E-state index is 12.8. The summed E-state index contributed by atoms with van der Waals surface area (Å²) in [5.74, 6) is 0.166. The Balaban J connectivity index is 1.50. The fourth-order valence-electron chi connectivity index (χ4n) is 3.56. The van der Waals surface area contributed by atoms with E-state index in [1.165, 1.54) is 35.7 Å². The van der Waals surface area contributed by atoms with E-state index in [2.05, 4.69) is 29.0 Å². The van der Waals surface area contributed by atoms with E-state index in [0.29, 0.717) is 6.42 Å². The van der Waals surface area contributed by atoms with Gasteiger partial charge in [0.25, 0.3) is 0 Å². The van der Waals surface area contributed by atoms with E-state index in [4.69, 9.17) is 5.10 Å². The van der Waals surface area contributed by atoms with Gasteiger partial charge < -0.3 is 4.90 Å². The van der Waals surface area contributed by atoms with Crippen LogP contribution in [0.5, 0.6) is 0 Å². The first-order chi connectivity index (χ1) is 11.8. The Morgan fingerprint density at radius 2 is 2.00 bits per heavy atom. The quantitative estimate of drug-likeness (QED) is 0.874. The number of quaternary nitrogens is 1. The zero-order valence-corrected chi connectivity index (χ0v) is 15.2. The fraction of sp³-hybridized carbons (Fsp3) is 0.444. The van der Waals surface area contributed by atoms with Crippen molar-refractivity contribution in [1.82, 2.24) is 5.01 Å². The van der Waals surface area contributed by atoms with Gasteiger partial charge in [0.05, 0.1) is 42.7 Å². The van der Waals surface area contributed by atoms with Crippen LogP contribution in [0.3, 0.4) is 0 Å². The summed E-state index contributed by atoms with van der Waals surface area (Å²) >= 11 is 3.41. The Morgan fingerprint density at radius 1 is 1.21 bits per heavy atom. The van der Waals surface area contributed by atoms with Gasteiger partial charge in [-0.3, -0.25) is 4.79 Å². The molecular weight excluding hydrogens is 338 g/mol. The molecule has 0 radical (unpaired) electrons. The molecule has 0 aliphatic carbocycles. The van der Waals surface area contributed by atoms with Crippen LogP contribution in [0.1, 0.15) is 41.5 Å². The number of hydrogen-bond donors (Lipinski definition) is 1. The highest BCUT2D eigenvalue weighted by molar-refractivity contribution is 7.12. The van der Waals surface area contributed by atoms with Crippen molar-refractivity contribution in [3.8, 4) is 0 Å². The molecule has 126 valence electrons. The van der Waals surface area contributed by atoms with Crippen LogP contribution < -0.4 is 4.90 Å². The van der Waals surface area contributed by atoms with Gasteiger partial charge in [0.15, 0.2) is 0 Å². The van der Waals surface area contributed by atoms with E-state index < -0.39 is 0 Å². The van der Waals surface area contributed by atoms with E-state index >= 15 is 0 Å². The number of thiophene rings is 2. The molecule has 1 N–H and O–H groups in total. The molecule has 1 atom stereocenters. The third-order valence-electron chi connectivity index (χ3n) is 4.85. The van der Waals surface area contributed by atoms with Crippen LogP contribution in [0.2, 0.25) is 0 Å². The van der Waals surface area contributed by atoms with Crippen molar-refractivity contribution < 1.29 is 9.69 Å². The van der Waals surface area contributed by atoms with E-state index in [-0.39, 0.29) is 11.9 Å². The zero-order valence-electron chi connectivity index (χ0n) is 13.6. The number of nitrogens with one attached hydrogen (secondary N) is 1. The van der Waals surface area contributed by atoms with Gasteiger partial charge in [-0.05, 0) is 22.9 Å². The maximum absolute atomic E-state index is 12.8. The van der Waals surface area contributed by atoms with Crippen molar-refractivity contribution in [3.05, 3.63) is 44.8 Å². The average Bonchev–Trinajstić information content (AvgIpc) is 3.40. The van der Waals surface area contributed by atoms with Gasteiger partial charge in [0.1, 0.15) is 0 Å². The molecule has 2 aliphatic heterocycles. The minimum Gasteiger partial charge on any atom is -0.334 e. The molecule has 0 unspecified atom stereocenters. The monoisotopic (exact) mass is 360 g/mol. The lowest BCUT2D eigenvalue weighted by Gasteiger charge is -2.21. The second-order valence-corrected chi connectivity index (χ2v) is 8.38. The van der Waals surface area contributed by atoms with Crippen molar-refractivity contribution in [2.75, 3.05) is 19.6 Å². The maximum Gasteiger partial charge on any atom is 0.248 e. The Morgan fingerprint density at radius 3 is 2.71 bits per heavy atom. The highest BCUT2D eigenvalue weighted by Gasteiger charge is 2.34. The van der Waals surface area contributed by atoms with Gasteiger partial charge in [0, 0.05) is 24.1 Å². The second kappa shape index (κ2) is 7.17. The van der Waals surface area contributed by atoms with Crippen LogP contribution in [0.15, 0.2) is 40.1 Å². The first-order valence-corrected chi connectivity index (χ1v) is 10.4. The molecule has 2 aliphatic rings. The van der Waals surface area contributed by atoms with Crippen LogP contribution in [-0.2, 0) is 4.79 Å². The molecule has 0 spiro atoms. The third-order valence-corrected chi connectivity index (χ3v) is 6.74. The lowest BCUT2D eigenvalue weighted by molar-refractivity contribution is -0.886. The van der Waals surface area contributed by atoms with E-state index in [9.17, 15) is 4.79 Å². The van der Waals surface area contributed by atoms with Crippen LogP contribution in [0, 0.1) is 0 Å². The first kappa shape index (κ1) is 16.0. The molecule has 6 heteroatoms. The predicted octanol–water partition coefficient (Wildman–Crippen LogP) is 2.56. The van der Waals surface area contributed by atoms with Crippen molar-refractivity contribution in [1.29, 1.82) is 0 Å². The Bertz CT molecular complexity index is 703. The smallest absolute Gasteiger partial charge is 0.248 e.